The van der Waals surface area contributed by atoms with E-state index in [1.54, 1.807) is 29.2 Å². The number of hydrogen-bond donors (Lipinski definition) is 1. The van der Waals surface area contributed by atoms with E-state index < -0.39 is 24.4 Å². The molecule has 1 aliphatic heterocycles. The molecule has 1 fully saturated rings. The fourth-order valence-corrected chi connectivity index (χ4v) is 3.03. The maximum Gasteiger partial charge on any atom is 0.311 e. The van der Waals surface area contributed by atoms with Gasteiger partial charge in [0, 0.05) is 18.7 Å². The second-order valence-electron chi connectivity index (χ2n) is 6.38. The molecule has 0 bridgehead atoms. The molecule has 1 atom stereocenters. The van der Waals surface area contributed by atoms with Gasteiger partial charge in [0.15, 0.2) is 6.61 Å². The first-order valence-corrected chi connectivity index (χ1v) is 8.90. The first kappa shape index (κ1) is 18.9. The Bertz CT molecular complexity index is 867. The minimum absolute atomic E-state index is 0.0683. The zero-order valence-electron chi connectivity index (χ0n) is 14.8. The number of esters is 1. The average Bonchev–Trinajstić information content (AvgIpc) is 3.04. The first-order valence-electron chi connectivity index (χ1n) is 8.52. The van der Waals surface area contributed by atoms with Gasteiger partial charge in [-0.05, 0) is 31.2 Å². The summed E-state index contributed by atoms with van der Waals surface area (Å²) in [5, 5.41) is 2.98. The highest BCUT2D eigenvalue weighted by atomic mass is 35.5. The molecule has 27 heavy (non-hydrogen) atoms. The summed E-state index contributed by atoms with van der Waals surface area (Å²) >= 11 is 5.97. The maximum absolute atomic E-state index is 12.2. The molecule has 1 N–H and O–H groups in total. The molecule has 2 aromatic rings. The third kappa shape index (κ3) is 4.65. The topological polar surface area (TPSA) is 75.7 Å². The van der Waals surface area contributed by atoms with Gasteiger partial charge in [0.2, 0.25) is 5.91 Å². The molecule has 7 heteroatoms. The van der Waals surface area contributed by atoms with E-state index in [1.165, 1.54) is 0 Å². The Morgan fingerprint density at radius 2 is 1.89 bits per heavy atom. The minimum Gasteiger partial charge on any atom is -0.455 e. The Labute approximate surface area is 162 Å². The number of ether oxygens (including phenoxy) is 1. The monoisotopic (exact) mass is 386 g/mol. The highest BCUT2D eigenvalue weighted by molar-refractivity contribution is 6.33. The Balaban J connectivity index is 1.53. The van der Waals surface area contributed by atoms with Crippen molar-refractivity contribution in [1.82, 2.24) is 0 Å². The average molecular weight is 387 g/mol. The van der Waals surface area contributed by atoms with E-state index in [1.807, 2.05) is 31.2 Å². The number of para-hydroxylation sites is 1. The molecule has 1 heterocycles. The van der Waals surface area contributed by atoms with Gasteiger partial charge >= 0.3 is 5.97 Å². The van der Waals surface area contributed by atoms with Gasteiger partial charge in [0.1, 0.15) is 0 Å². The minimum atomic E-state index is -0.591. The van der Waals surface area contributed by atoms with Gasteiger partial charge in [0.25, 0.3) is 5.91 Å². The number of halogens is 1. The molecule has 0 saturated carbocycles. The quantitative estimate of drug-likeness (QED) is 0.801. The van der Waals surface area contributed by atoms with E-state index in [0.29, 0.717) is 10.7 Å². The third-order valence-corrected chi connectivity index (χ3v) is 4.63. The Morgan fingerprint density at radius 3 is 2.59 bits per heavy atom. The molecule has 0 unspecified atom stereocenters. The molecule has 6 nitrogen and oxygen atoms in total. The van der Waals surface area contributed by atoms with Crippen LogP contribution in [0.1, 0.15) is 12.0 Å². The second kappa shape index (κ2) is 8.22. The number of amides is 2. The standard InChI is InChI=1S/C20H19ClN2O4/c1-13-6-8-15(9-7-13)23-11-14(10-19(23)25)20(26)27-12-18(24)22-17-5-3-2-4-16(17)21/h2-9,14H,10-12H2,1H3,(H,22,24)/t14-/m1/s1. The summed E-state index contributed by atoms with van der Waals surface area (Å²) in [6.07, 6.45) is 0.0683. The number of aryl methyl sites for hydroxylation is 1. The third-order valence-electron chi connectivity index (χ3n) is 4.30. The van der Waals surface area contributed by atoms with Crippen molar-refractivity contribution in [2.45, 2.75) is 13.3 Å². The van der Waals surface area contributed by atoms with Crippen LogP contribution in [0.25, 0.3) is 0 Å². The van der Waals surface area contributed by atoms with Gasteiger partial charge < -0.3 is 15.0 Å². The van der Waals surface area contributed by atoms with Crippen LogP contribution in [0.2, 0.25) is 5.02 Å². The molecule has 0 radical (unpaired) electrons. The number of carbonyl (C=O) groups is 3. The van der Waals surface area contributed by atoms with Crippen molar-refractivity contribution in [3.05, 3.63) is 59.1 Å². The summed E-state index contributed by atoms with van der Waals surface area (Å²) in [5.74, 6) is -1.78. The molecular formula is C20H19ClN2O4. The Morgan fingerprint density at radius 1 is 1.19 bits per heavy atom. The van der Waals surface area contributed by atoms with E-state index in [-0.39, 0.29) is 18.9 Å². The van der Waals surface area contributed by atoms with Crippen LogP contribution in [0.15, 0.2) is 48.5 Å². The lowest BCUT2D eigenvalue weighted by Gasteiger charge is -2.16. The Hall–Kier alpha value is -2.86. The van der Waals surface area contributed by atoms with Gasteiger partial charge in [-0.3, -0.25) is 14.4 Å². The molecule has 3 rings (SSSR count). The summed E-state index contributed by atoms with van der Waals surface area (Å²) in [6.45, 7) is 1.77. The summed E-state index contributed by atoms with van der Waals surface area (Å²) in [7, 11) is 0. The van der Waals surface area contributed by atoms with Gasteiger partial charge in [-0.15, -0.1) is 0 Å². The predicted molar refractivity (Wildman–Crippen MR) is 103 cm³/mol. The molecule has 0 spiro atoms. The van der Waals surface area contributed by atoms with Crippen LogP contribution >= 0.6 is 11.6 Å². The van der Waals surface area contributed by atoms with Crippen molar-refractivity contribution in [2.75, 3.05) is 23.4 Å². The van der Waals surface area contributed by atoms with Crippen LogP contribution in [0.5, 0.6) is 0 Å². The van der Waals surface area contributed by atoms with Crippen molar-refractivity contribution in [3.8, 4) is 0 Å². The van der Waals surface area contributed by atoms with Crippen LogP contribution in [0.4, 0.5) is 11.4 Å². The van der Waals surface area contributed by atoms with Crippen LogP contribution in [-0.4, -0.2) is 30.9 Å². The van der Waals surface area contributed by atoms with Crippen molar-refractivity contribution in [2.24, 2.45) is 5.92 Å². The van der Waals surface area contributed by atoms with E-state index in [9.17, 15) is 14.4 Å². The number of nitrogens with one attached hydrogen (secondary N) is 1. The summed E-state index contributed by atoms with van der Waals surface area (Å²) < 4.78 is 5.08. The van der Waals surface area contributed by atoms with Gasteiger partial charge in [-0.25, -0.2) is 0 Å². The van der Waals surface area contributed by atoms with Gasteiger partial charge in [-0.1, -0.05) is 41.4 Å². The van der Waals surface area contributed by atoms with E-state index in [4.69, 9.17) is 16.3 Å². The fourth-order valence-electron chi connectivity index (χ4n) is 2.84. The van der Waals surface area contributed by atoms with Crippen molar-refractivity contribution in [3.63, 3.8) is 0 Å². The number of hydrogen-bond acceptors (Lipinski definition) is 4. The SMILES string of the molecule is Cc1ccc(N2C[C@H](C(=O)OCC(=O)Nc3ccccc3Cl)CC2=O)cc1. The van der Waals surface area contributed by atoms with Crippen LogP contribution in [0.3, 0.4) is 0 Å². The number of benzene rings is 2. The number of carbonyl (C=O) groups excluding carboxylic acids is 3. The summed E-state index contributed by atoms with van der Waals surface area (Å²) in [5.41, 5.74) is 2.28. The number of anilines is 2. The largest absolute Gasteiger partial charge is 0.455 e. The highest BCUT2D eigenvalue weighted by Gasteiger charge is 2.36. The zero-order chi connectivity index (χ0) is 19.4. The molecule has 1 aliphatic rings. The lowest BCUT2D eigenvalue weighted by Crippen LogP contribution is -2.28. The molecule has 0 aromatic heterocycles. The van der Waals surface area contributed by atoms with Crippen LogP contribution in [0, 0.1) is 12.8 Å². The van der Waals surface area contributed by atoms with Crippen LogP contribution in [-0.2, 0) is 19.1 Å². The summed E-state index contributed by atoms with van der Waals surface area (Å²) in [6, 6.07) is 14.3. The predicted octanol–water partition coefficient (Wildman–Crippen LogP) is 3.18. The van der Waals surface area contributed by atoms with Crippen LogP contribution < -0.4 is 10.2 Å². The molecule has 2 amide bonds. The first-order chi connectivity index (χ1) is 12.9. The highest BCUT2D eigenvalue weighted by Crippen LogP contribution is 2.26. The normalized spacial score (nSPS) is 16.3. The molecule has 0 aliphatic carbocycles. The molecular weight excluding hydrogens is 368 g/mol. The number of rotatable bonds is 5. The number of nitrogens with zero attached hydrogens (tertiary/aromatic N) is 1. The van der Waals surface area contributed by atoms with Gasteiger partial charge in [-0.2, -0.15) is 0 Å². The Kier molecular flexibility index (Phi) is 5.76. The maximum atomic E-state index is 12.2. The smallest absolute Gasteiger partial charge is 0.311 e. The second-order valence-corrected chi connectivity index (χ2v) is 6.78. The van der Waals surface area contributed by atoms with Crippen molar-refractivity contribution >= 4 is 40.8 Å². The summed E-state index contributed by atoms with van der Waals surface area (Å²) in [4.78, 5) is 38.0. The van der Waals surface area contributed by atoms with Crippen molar-refractivity contribution in [1.29, 1.82) is 0 Å². The molecule has 2 aromatic carbocycles. The van der Waals surface area contributed by atoms with Gasteiger partial charge in [0.05, 0.1) is 16.6 Å². The zero-order valence-corrected chi connectivity index (χ0v) is 15.5. The van der Waals surface area contributed by atoms with Crippen molar-refractivity contribution < 1.29 is 19.1 Å². The lowest BCUT2D eigenvalue weighted by atomic mass is 10.1. The van der Waals surface area contributed by atoms with E-state index in [0.717, 1.165) is 11.3 Å². The van der Waals surface area contributed by atoms with E-state index >= 15 is 0 Å². The van der Waals surface area contributed by atoms with E-state index in [2.05, 4.69) is 5.32 Å². The molecule has 140 valence electrons. The molecule has 1 saturated heterocycles. The fraction of sp³-hybridized carbons (Fsp3) is 0.250. The lowest BCUT2D eigenvalue weighted by molar-refractivity contribution is -0.151.